The molecule has 5 rings (SSSR count). The standard InChI is InChI=1S/C24H17ClN6O/c1-31-23(22-18(10-26)15-5-3-2-4-13(15)9-20(22)25)19(12-28-31)14-6-7-16-17(8-14)21(11-27)29-30-24(16)32/h2-9,12H,11,27H2,1H3,(H,30,32). The van der Waals surface area contributed by atoms with Gasteiger partial charge in [-0.05, 0) is 29.1 Å². The molecular formula is C24H17ClN6O. The lowest BCUT2D eigenvalue weighted by Gasteiger charge is -2.14. The van der Waals surface area contributed by atoms with Gasteiger partial charge >= 0.3 is 0 Å². The Balaban J connectivity index is 1.82. The summed E-state index contributed by atoms with van der Waals surface area (Å²) >= 11 is 6.71. The van der Waals surface area contributed by atoms with Crippen LogP contribution in [0.4, 0.5) is 0 Å². The van der Waals surface area contributed by atoms with Crippen molar-refractivity contribution in [3.63, 3.8) is 0 Å². The number of nitrogens with one attached hydrogen (secondary N) is 1. The molecule has 0 bridgehead atoms. The molecule has 0 fully saturated rings. The van der Waals surface area contributed by atoms with Crippen LogP contribution in [0.3, 0.4) is 0 Å². The highest BCUT2D eigenvalue weighted by molar-refractivity contribution is 6.35. The second-order valence-corrected chi connectivity index (χ2v) is 7.84. The molecule has 2 aromatic heterocycles. The Morgan fingerprint density at radius 2 is 1.97 bits per heavy atom. The highest BCUT2D eigenvalue weighted by atomic mass is 35.5. The molecule has 156 valence electrons. The normalized spacial score (nSPS) is 11.2. The van der Waals surface area contributed by atoms with E-state index in [0.29, 0.717) is 38.3 Å². The summed E-state index contributed by atoms with van der Waals surface area (Å²) in [5.41, 5.74) is 9.56. The van der Waals surface area contributed by atoms with Gasteiger partial charge in [0.25, 0.3) is 5.56 Å². The molecule has 0 aliphatic rings. The van der Waals surface area contributed by atoms with E-state index in [-0.39, 0.29) is 12.1 Å². The number of H-pyrrole nitrogens is 1. The van der Waals surface area contributed by atoms with Gasteiger partial charge in [0.05, 0.1) is 33.6 Å². The van der Waals surface area contributed by atoms with E-state index in [0.717, 1.165) is 21.9 Å². The third-order valence-electron chi connectivity index (χ3n) is 5.66. The number of nitriles is 1. The highest BCUT2D eigenvalue weighted by Gasteiger charge is 2.22. The van der Waals surface area contributed by atoms with Crippen LogP contribution < -0.4 is 11.3 Å². The number of aromatic nitrogens is 4. The van der Waals surface area contributed by atoms with Gasteiger partial charge < -0.3 is 5.73 Å². The van der Waals surface area contributed by atoms with Crippen molar-refractivity contribution in [1.82, 2.24) is 20.0 Å². The second kappa shape index (κ2) is 7.61. The summed E-state index contributed by atoms with van der Waals surface area (Å²) in [6.07, 6.45) is 1.73. The number of nitrogens with two attached hydrogens (primary N) is 1. The monoisotopic (exact) mass is 440 g/mol. The maximum atomic E-state index is 12.2. The molecule has 0 radical (unpaired) electrons. The summed E-state index contributed by atoms with van der Waals surface area (Å²) < 4.78 is 1.70. The van der Waals surface area contributed by atoms with Crippen LogP contribution in [0.25, 0.3) is 43.9 Å². The maximum absolute atomic E-state index is 12.2. The minimum Gasteiger partial charge on any atom is -0.325 e. The molecule has 0 amide bonds. The summed E-state index contributed by atoms with van der Waals surface area (Å²) in [6.45, 7) is 0.186. The largest absolute Gasteiger partial charge is 0.325 e. The number of fused-ring (bicyclic) bond motifs is 2. The molecule has 32 heavy (non-hydrogen) atoms. The molecule has 7 nitrogen and oxygen atoms in total. The fraction of sp³-hybridized carbons (Fsp3) is 0.0833. The van der Waals surface area contributed by atoms with Gasteiger partial charge in [0, 0.05) is 35.5 Å². The third kappa shape index (κ3) is 2.97. The number of hydrogen-bond acceptors (Lipinski definition) is 5. The molecule has 0 aliphatic carbocycles. The molecule has 0 spiro atoms. The van der Waals surface area contributed by atoms with Gasteiger partial charge in [-0.1, -0.05) is 41.9 Å². The number of benzene rings is 3. The van der Waals surface area contributed by atoms with Crippen molar-refractivity contribution in [3.05, 3.63) is 81.4 Å². The van der Waals surface area contributed by atoms with Gasteiger partial charge in [0.1, 0.15) is 6.07 Å². The molecule has 0 saturated carbocycles. The van der Waals surface area contributed by atoms with E-state index in [4.69, 9.17) is 17.3 Å². The molecule has 0 atom stereocenters. The zero-order chi connectivity index (χ0) is 22.4. The van der Waals surface area contributed by atoms with Crippen LogP contribution in [0.15, 0.2) is 59.5 Å². The van der Waals surface area contributed by atoms with Crippen LogP contribution in [0.5, 0.6) is 0 Å². The summed E-state index contributed by atoms with van der Waals surface area (Å²) in [5, 5.41) is 24.4. The molecule has 3 aromatic carbocycles. The summed E-state index contributed by atoms with van der Waals surface area (Å²) in [6, 6.07) is 17.3. The number of nitrogens with zero attached hydrogens (tertiary/aromatic N) is 4. The van der Waals surface area contributed by atoms with Crippen LogP contribution in [-0.4, -0.2) is 20.0 Å². The molecule has 0 unspecified atom stereocenters. The van der Waals surface area contributed by atoms with E-state index in [1.165, 1.54) is 0 Å². The van der Waals surface area contributed by atoms with Crippen molar-refractivity contribution in [2.75, 3.05) is 0 Å². The van der Waals surface area contributed by atoms with Crippen molar-refractivity contribution in [3.8, 4) is 28.5 Å². The van der Waals surface area contributed by atoms with Gasteiger partial charge in [-0.3, -0.25) is 9.48 Å². The van der Waals surface area contributed by atoms with Gasteiger partial charge in [-0.2, -0.15) is 15.5 Å². The van der Waals surface area contributed by atoms with E-state index < -0.39 is 0 Å². The highest BCUT2D eigenvalue weighted by Crippen LogP contribution is 2.41. The smallest absolute Gasteiger partial charge is 0.272 e. The fourth-order valence-corrected chi connectivity index (χ4v) is 4.45. The van der Waals surface area contributed by atoms with E-state index in [2.05, 4.69) is 21.4 Å². The minimum atomic E-state index is -0.278. The SMILES string of the molecule is Cn1ncc(-c2ccc3c(=O)[nH]nc(CN)c3c2)c1-c1c(Cl)cc2ccccc2c1C#N. The maximum Gasteiger partial charge on any atom is 0.272 e. The molecule has 8 heteroatoms. The van der Waals surface area contributed by atoms with Crippen LogP contribution >= 0.6 is 11.6 Å². The number of halogens is 1. The van der Waals surface area contributed by atoms with E-state index in [9.17, 15) is 10.1 Å². The number of rotatable bonds is 3. The first-order valence-corrected chi connectivity index (χ1v) is 10.3. The summed E-state index contributed by atoms with van der Waals surface area (Å²) in [7, 11) is 1.81. The lowest BCUT2D eigenvalue weighted by atomic mass is 9.93. The average Bonchev–Trinajstić information content (AvgIpc) is 3.19. The Bertz CT molecular complexity index is 1630. The van der Waals surface area contributed by atoms with Crippen LogP contribution in [0.1, 0.15) is 11.3 Å². The molecule has 5 aromatic rings. The van der Waals surface area contributed by atoms with Crippen molar-refractivity contribution in [2.24, 2.45) is 12.8 Å². The van der Waals surface area contributed by atoms with Crippen LogP contribution in [0, 0.1) is 11.3 Å². The number of hydrogen-bond donors (Lipinski definition) is 2. The van der Waals surface area contributed by atoms with Gasteiger partial charge in [-0.25, -0.2) is 5.10 Å². The van der Waals surface area contributed by atoms with Crippen LogP contribution in [-0.2, 0) is 13.6 Å². The lowest BCUT2D eigenvalue weighted by molar-refractivity contribution is 0.776. The predicted molar refractivity (Wildman–Crippen MR) is 125 cm³/mol. The summed E-state index contributed by atoms with van der Waals surface area (Å²) in [5.74, 6) is 0. The Labute approximate surface area is 187 Å². The summed E-state index contributed by atoms with van der Waals surface area (Å²) in [4.78, 5) is 12.2. The van der Waals surface area contributed by atoms with Gasteiger partial charge in [-0.15, -0.1) is 0 Å². The minimum absolute atomic E-state index is 0.186. The molecule has 0 aliphatic heterocycles. The van der Waals surface area contributed by atoms with Gasteiger partial charge in [0.2, 0.25) is 0 Å². The van der Waals surface area contributed by atoms with Crippen molar-refractivity contribution in [2.45, 2.75) is 6.54 Å². The van der Waals surface area contributed by atoms with Gasteiger partial charge in [0.15, 0.2) is 0 Å². The Morgan fingerprint density at radius 3 is 2.75 bits per heavy atom. The Kier molecular flexibility index (Phi) is 4.74. The van der Waals surface area contributed by atoms with Crippen molar-refractivity contribution in [1.29, 1.82) is 5.26 Å². The first-order chi connectivity index (χ1) is 15.5. The average molecular weight is 441 g/mol. The topological polar surface area (TPSA) is 113 Å². The molecular weight excluding hydrogens is 424 g/mol. The molecule has 2 heterocycles. The zero-order valence-corrected chi connectivity index (χ0v) is 17.8. The Hall–Kier alpha value is -3.99. The molecule has 3 N–H and O–H groups in total. The van der Waals surface area contributed by atoms with Crippen molar-refractivity contribution >= 4 is 33.1 Å². The fourth-order valence-electron chi connectivity index (χ4n) is 4.15. The Morgan fingerprint density at radius 1 is 1.16 bits per heavy atom. The quantitative estimate of drug-likeness (QED) is 0.438. The first-order valence-electron chi connectivity index (χ1n) is 9.89. The predicted octanol–water partition coefficient (Wildman–Crippen LogP) is 4.13. The molecule has 0 saturated heterocycles. The third-order valence-corrected chi connectivity index (χ3v) is 5.96. The van der Waals surface area contributed by atoms with Crippen LogP contribution in [0.2, 0.25) is 5.02 Å². The zero-order valence-electron chi connectivity index (χ0n) is 17.1. The first kappa shape index (κ1) is 19.9. The van der Waals surface area contributed by atoms with E-state index >= 15 is 0 Å². The second-order valence-electron chi connectivity index (χ2n) is 7.44. The van der Waals surface area contributed by atoms with E-state index in [1.54, 1.807) is 16.9 Å². The van der Waals surface area contributed by atoms with E-state index in [1.807, 2.05) is 49.5 Å². The number of aryl methyl sites for hydroxylation is 1. The lowest BCUT2D eigenvalue weighted by Crippen LogP contribution is -2.13. The van der Waals surface area contributed by atoms with Crippen molar-refractivity contribution < 1.29 is 0 Å². The number of aromatic amines is 1.